The number of amides is 1. The number of hydrogen-bond donors (Lipinski definition) is 2. The van der Waals surface area contributed by atoms with Gasteiger partial charge in [0.05, 0.1) is 13.7 Å². The highest BCUT2D eigenvalue weighted by Gasteiger charge is 2.12. The van der Waals surface area contributed by atoms with Crippen molar-refractivity contribution in [3.8, 4) is 11.4 Å². The van der Waals surface area contributed by atoms with Gasteiger partial charge in [-0.25, -0.2) is 9.07 Å². The molecule has 0 fully saturated rings. The van der Waals surface area contributed by atoms with Gasteiger partial charge in [0.15, 0.2) is 0 Å². The third-order valence-electron chi connectivity index (χ3n) is 3.67. The molecule has 2 N–H and O–H groups in total. The molecule has 0 aliphatic rings. The number of carbonyl (C=O) groups excluding carboxylic acids is 1. The number of nitrogens with one attached hydrogen (secondary N) is 1. The lowest BCUT2D eigenvalue weighted by atomic mass is 10.1. The van der Waals surface area contributed by atoms with Gasteiger partial charge in [0, 0.05) is 29.2 Å². The third kappa shape index (κ3) is 3.51. The zero-order chi connectivity index (χ0) is 17.8. The zero-order valence-electron chi connectivity index (χ0n) is 13.4. The maximum atomic E-state index is 14.2. The largest absolute Gasteiger partial charge is 0.496 e. The molecule has 6 nitrogen and oxygen atoms in total. The van der Waals surface area contributed by atoms with Crippen molar-refractivity contribution in [3.05, 3.63) is 71.8 Å². The minimum absolute atomic E-state index is 0.176. The molecule has 1 aromatic heterocycles. The van der Waals surface area contributed by atoms with Gasteiger partial charge in [0.25, 0.3) is 5.91 Å². The Morgan fingerprint density at radius 2 is 2.16 bits per heavy atom. The van der Waals surface area contributed by atoms with Gasteiger partial charge in [-0.05, 0) is 42.5 Å². The van der Waals surface area contributed by atoms with E-state index in [1.54, 1.807) is 36.7 Å². The monoisotopic (exact) mass is 341 g/mol. The molecule has 25 heavy (non-hydrogen) atoms. The number of aliphatic hydroxyl groups excluding tert-OH is 1. The summed E-state index contributed by atoms with van der Waals surface area (Å²) in [4.78, 5) is 12.3. The summed E-state index contributed by atoms with van der Waals surface area (Å²) in [5, 5.41) is 16.0. The van der Waals surface area contributed by atoms with Crippen LogP contribution in [-0.4, -0.2) is 27.9 Å². The number of hydrogen-bond acceptors (Lipinski definition) is 4. The van der Waals surface area contributed by atoms with Gasteiger partial charge in [0.2, 0.25) is 0 Å². The van der Waals surface area contributed by atoms with Crippen LogP contribution in [0.1, 0.15) is 15.9 Å². The van der Waals surface area contributed by atoms with Crippen LogP contribution in [0.3, 0.4) is 0 Å². The molecule has 2 aromatic carbocycles. The van der Waals surface area contributed by atoms with Crippen molar-refractivity contribution in [2.75, 3.05) is 12.4 Å². The molecule has 0 bridgehead atoms. The van der Waals surface area contributed by atoms with E-state index in [2.05, 4.69) is 10.4 Å². The Bertz CT molecular complexity index is 895. The Morgan fingerprint density at radius 3 is 2.80 bits per heavy atom. The number of carbonyl (C=O) groups is 1. The van der Waals surface area contributed by atoms with Crippen molar-refractivity contribution in [1.29, 1.82) is 0 Å². The number of aliphatic hydroxyl groups is 1. The molecule has 0 unspecified atom stereocenters. The molecule has 128 valence electrons. The van der Waals surface area contributed by atoms with Crippen LogP contribution < -0.4 is 10.1 Å². The molecular formula is C18H16FN3O3. The van der Waals surface area contributed by atoms with Gasteiger partial charge in [-0.3, -0.25) is 4.79 Å². The number of halogens is 1. The summed E-state index contributed by atoms with van der Waals surface area (Å²) in [6.07, 6.45) is 3.16. The van der Waals surface area contributed by atoms with E-state index in [0.29, 0.717) is 17.0 Å². The lowest BCUT2D eigenvalue weighted by Crippen LogP contribution is -2.13. The standard InChI is InChI=1S/C18H16FN3O3/c1-25-17-6-4-14(9-13(17)11-23)21-18(24)12-3-5-16(15(19)10-12)22-8-2-7-20-22/h2-10,23H,11H2,1H3,(H,21,24). The molecule has 0 saturated heterocycles. The highest BCUT2D eigenvalue weighted by Crippen LogP contribution is 2.23. The first-order chi connectivity index (χ1) is 12.1. The van der Waals surface area contributed by atoms with Gasteiger partial charge >= 0.3 is 0 Å². The van der Waals surface area contributed by atoms with E-state index >= 15 is 0 Å². The van der Waals surface area contributed by atoms with E-state index in [9.17, 15) is 14.3 Å². The predicted molar refractivity (Wildman–Crippen MR) is 90.4 cm³/mol. The van der Waals surface area contributed by atoms with Crippen molar-refractivity contribution in [2.45, 2.75) is 6.61 Å². The molecule has 3 aromatic rings. The fourth-order valence-corrected chi connectivity index (χ4v) is 2.43. The maximum absolute atomic E-state index is 14.2. The van der Waals surface area contributed by atoms with Gasteiger partial charge in [-0.2, -0.15) is 5.10 Å². The zero-order valence-corrected chi connectivity index (χ0v) is 13.4. The highest BCUT2D eigenvalue weighted by atomic mass is 19.1. The van der Waals surface area contributed by atoms with Crippen molar-refractivity contribution < 1.29 is 19.0 Å². The molecular weight excluding hydrogens is 325 g/mol. The molecule has 0 radical (unpaired) electrons. The maximum Gasteiger partial charge on any atom is 0.255 e. The first-order valence-electron chi connectivity index (χ1n) is 7.51. The molecule has 7 heteroatoms. The van der Waals surface area contributed by atoms with Gasteiger partial charge in [0.1, 0.15) is 17.3 Å². The molecule has 1 amide bonds. The number of ether oxygens (including phenoxy) is 1. The van der Waals surface area contributed by atoms with Gasteiger partial charge in [-0.1, -0.05) is 0 Å². The second kappa shape index (κ2) is 7.14. The molecule has 0 saturated carbocycles. The lowest BCUT2D eigenvalue weighted by Gasteiger charge is -2.11. The number of nitrogens with zero attached hydrogens (tertiary/aromatic N) is 2. The van der Waals surface area contributed by atoms with E-state index in [1.807, 2.05) is 0 Å². The van der Waals surface area contributed by atoms with E-state index in [-0.39, 0.29) is 17.9 Å². The van der Waals surface area contributed by atoms with Crippen molar-refractivity contribution in [2.24, 2.45) is 0 Å². The summed E-state index contributed by atoms with van der Waals surface area (Å²) in [6.45, 7) is -0.222. The normalized spacial score (nSPS) is 10.5. The summed E-state index contributed by atoms with van der Waals surface area (Å²) in [6, 6.07) is 10.7. The fourth-order valence-electron chi connectivity index (χ4n) is 2.43. The van der Waals surface area contributed by atoms with Crippen molar-refractivity contribution in [3.63, 3.8) is 0 Å². The average molecular weight is 341 g/mol. The Hall–Kier alpha value is -3.19. The number of benzene rings is 2. The number of anilines is 1. The lowest BCUT2D eigenvalue weighted by molar-refractivity contribution is 0.102. The Labute approximate surface area is 143 Å². The van der Waals surface area contributed by atoms with Crippen LogP contribution in [0, 0.1) is 5.82 Å². The summed E-state index contributed by atoms with van der Waals surface area (Å²) >= 11 is 0. The summed E-state index contributed by atoms with van der Waals surface area (Å²) in [5.41, 5.74) is 1.45. The van der Waals surface area contributed by atoms with Crippen LogP contribution in [0.2, 0.25) is 0 Å². The quantitative estimate of drug-likeness (QED) is 0.748. The van der Waals surface area contributed by atoms with Gasteiger partial charge < -0.3 is 15.2 Å². The third-order valence-corrected chi connectivity index (χ3v) is 3.67. The van der Waals surface area contributed by atoms with Crippen molar-refractivity contribution >= 4 is 11.6 Å². The number of aromatic nitrogens is 2. The van der Waals surface area contributed by atoms with Crippen molar-refractivity contribution in [1.82, 2.24) is 9.78 Å². The van der Waals surface area contributed by atoms with E-state index in [1.165, 1.54) is 23.9 Å². The molecule has 3 rings (SSSR count). The fraction of sp³-hybridized carbons (Fsp3) is 0.111. The van der Waals surface area contributed by atoms with E-state index in [0.717, 1.165) is 6.07 Å². The van der Waals surface area contributed by atoms with E-state index < -0.39 is 11.7 Å². The summed E-state index contributed by atoms with van der Waals surface area (Å²) in [7, 11) is 1.50. The molecule has 0 spiro atoms. The predicted octanol–water partition coefficient (Wildman–Crippen LogP) is 2.76. The van der Waals surface area contributed by atoms with E-state index in [4.69, 9.17) is 4.74 Å². The van der Waals surface area contributed by atoms with Crippen LogP contribution >= 0.6 is 0 Å². The molecule has 0 aliphatic carbocycles. The van der Waals surface area contributed by atoms with Crippen LogP contribution in [0.25, 0.3) is 5.69 Å². The first kappa shape index (κ1) is 16.7. The van der Waals surface area contributed by atoms with Crippen LogP contribution in [0.5, 0.6) is 5.75 Å². The van der Waals surface area contributed by atoms with Crippen LogP contribution in [-0.2, 0) is 6.61 Å². The summed E-state index contributed by atoms with van der Waals surface area (Å²) < 4.78 is 20.7. The number of methoxy groups -OCH3 is 1. The Balaban J connectivity index is 1.81. The van der Waals surface area contributed by atoms with Crippen LogP contribution in [0.4, 0.5) is 10.1 Å². The summed E-state index contributed by atoms with van der Waals surface area (Å²) in [5.74, 6) is -0.489. The second-order valence-corrected chi connectivity index (χ2v) is 5.26. The Kier molecular flexibility index (Phi) is 4.76. The number of rotatable bonds is 5. The topological polar surface area (TPSA) is 76.4 Å². The van der Waals surface area contributed by atoms with Crippen LogP contribution in [0.15, 0.2) is 54.9 Å². The molecule has 0 aliphatic heterocycles. The van der Waals surface area contributed by atoms with Gasteiger partial charge in [-0.15, -0.1) is 0 Å². The minimum atomic E-state index is -0.554. The molecule has 0 atom stereocenters. The Morgan fingerprint density at radius 1 is 1.32 bits per heavy atom. The SMILES string of the molecule is COc1ccc(NC(=O)c2ccc(-n3cccn3)c(F)c2)cc1CO. The first-order valence-corrected chi connectivity index (χ1v) is 7.51. The molecule has 1 heterocycles. The second-order valence-electron chi connectivity index (χ2n) is 5.26. The highest BCUT2D eigenvalue weighted by molar-refractivity contribution is 6.04. The minimum Gasteiger partial charge on any atom is -0.496 e. The average Bonchev–Trinajstić information content (AvgIpc) is 3.15. The smallest absolute Gasteiger partial charge is 0.255 e.